The van der Waals surface area contributed by atoms with Crippen molar-refractivity contribution in [1.82, 2.24) is 0 Å². The zero-order chi connectivity index (χ0) is 18.0. The van der Waals surface area contributed by atoms with Gasteiger partial charge in [-0.2, -0.15) is 0 Å². The molecule has 0 aromatic heterocycles. The number of hydrogen-bond acceptors (Lipinski definition) is 2. The summed E-state index contributed by atoms with van der Waals surface area (Å²) < 4.78 is 11.2. The van der Waals surface area contributed by atoms with Crippen molar-refractivity contribution in [2.75, 3.05) is 53.3 Å². The molecule has 4 radical (unpaired) electrons. The zero-order valence-electron chi connectivity index (χ0n) is 24.8. The first-order valence-electron chi connectivity index (χ1n) is 7.19. The Hall–Kier alpha value is 10.0. The van der Waals surface area contributed by atoms with Crippen LogP contribution >= 0.6 is 31.7 Å². The molecule has 0 fully saturated rings. The van der Waals surface area contributed by atoms with Gasteiger partial charge < -0.3 is 285 Å². The SMILES string of the molecule is [CH2-]C(OC([CH2-])P(C)C)P(C)C.[CH2-]C(OC([CH2-])P(C)C)P(C)C.[Cl-].[Cl-].[Cl-].[Cl-].[Cl-].[Cl-].[Cl-].[Cl-].[Cl-].[Cl-].[Cl-].[Cl-].[Cl-].[Cl-].[Cl-].[Cl-].[Cl-].[Cl-].[Cl-].[Cl-].[Tc+6].[Tc+6].[Tc+6].[Tc+6]. The van der Waals surface area contributed by atoms with E-state index in [0.29, 0.717) is 0 Å². The van der Waals surface area contributed by atoms with Crippen molar-refractivity contribution < 1.29 is 338 Å². The van der Waals surface area contributed by atoms with Gasteiger partial charge in [0.25, 0.3) is 0 Å². The van der Waals surface area contributed by atoms with Crippen molar-refractivity contribution in [3.8, 4) is 0 Å². The van der Waals surface area contributed by atoms with E-state index in [1.807, 2.05) is 0 Å². The molecular weight excluding hydrogens is 1450 g/mol. The van der Waals surface area contributed by atoms with Crippen LogP contribution in [-0.2, 0) is 89.9 Å². The van der Waals surface area contributed by atoms with Gasteiger partial charge in [-0.1, -0.05) is 0 Å². The van der Waals surface area contributed by atoms with Gasteiger partial charge in [-0.05, 0) is 76.7 Å². The molecule has 0 aliphatic rings. The molecule has 0 aromatic rings. The van der Waals surface area contributed by atoms with Gasteiger partial charge in [-0.3, -0.25) is 0 Å². The molecule has 0 heterocycles. The van der Waals surface area contributed by atoms with E-state index in [1.165, 1.54) is 0 Å². The van der Waals surface area contributed by atoms with Crippen molar-refractivity contribution in [2.45, 2.75) is 23.4 Å². The molecular formula is C16H36Cl20O2P4Tc4. The molecule has 0 aromatic carbocycles. The second-order valence-electron chi connectivity index (χ2n) is 5.95. The second-order valence-corrected chi connectivity index (χ2v) is 16.0. The molecule has 4 atom stereocenters. The third kappa shape index (κ3) is 131. The standard InChI is InChI=1S/2C8H18OP2.20ClH.4Tc/c2*1-7(10(3)4)9-8(2)11(5)6;;;;;;;;;;;;;;;;;;;;;;;;/h2*7-8H,1-2H2,3-6H3;20*1H;;;;/q2*-2;;;;;;;;;;;;;;;;;;;;;4*+6/p-20. The van der Waals surface area contributed by atoms with E-state index in [1.54, 1.807) is 0 Å². The second kappa shape index (κ2) is 124. The summed E-state index contributed by atoms with van der Waals surface area (Å²) in [5.41, 5.74) is 0. The Kier molecular flexibility index (Phi) is 506. The summed E-state index contributed by atoms with van der Waals surface area (Å²) in [4.78, 5) is 0. The van der Waals surface area contributed by atoms with Gasteiger partial charge in [-0.25, -0.2) is 0 Å². The molecule has 0 amide bonds. The van der Waals surface area contributed by atoms with Crippen LogP contribution in [0.5, 0.6) is 0 Å². The summed E-state index contributed by atoms with van der Waals surface area (Å²) in [6.45, 7) is 33.1. The van der Waals surface area contributed by atoms with Crippen molar-refractivity contribution in [2.24, 2.45) is 0 Å². The van der Waals surface area contributed by atoms with E-state index in [0.717, 1.165) is 0 Å². The van der Waals surface area contributed by atoms with Crippen LogP contribution in [0.1, 0.15) is 0 Å². The fraction of sp³-hybridized carbons (Fsp3) is 0.750. The number of rotatable bonds is 8. The van der Waals surface area contributed by atoms with E-state index in [9.17, 15) is 0 Å². The molecule has 4 unspecified atom stereocenters. The fourth-order valence-electron chi connectivity index (χ4n) is 0.850. The molecule has 0 aliphatic heterocycles. The molecule has 2 nitrogen and oxygen atoms in total. The van der Waals surface area contributed by atoms with Crippen LogP contribution in [0.4, 0.5) is 0 Å². The predicted octanol–water partition coefficient (Wildman–Crippen LogP) is -54.3. The molecule has 300 valence electrons. The minimum absolute atomic E-state index is 0. The van der Waals surface area contributed by atoms with Gasteiger partial charge in [0.1, 0.15) is 0 Å². The van der Waals surface area contributed by atoms with Crippen LogP contribution < -0.4 is 248 Å². The van der Waals surface area contributed by atoms with Crippen molar-refractivity contribution in [3.63, 3.8) is 0 Å². The molecule has 0 saturated heterocycles. The minimum Gasteiger partial charge on any atom is -1.00 e. The fourth-order valence-corrected chi connectivity index (χ4v) is 2.60. The van der Waals surface area contributed by atoms with Gasteiger partial charge in [0.2, 0.25) is 0 Å². The number of halogens is 20. The van der Waals surface area contributed by atoms with Gasteiger partial charge in [0.15, 0.2) is 0 Å². The van der Waals surface area contributed by atoms with Crippen molar-refractivity contribution in [3.05, 3.63) is 27.7 Å². The van der Waals surface area contributed by atoms with E-state index in [2.05, 4.69) is 81.0 Å². The molecule has 46 heavy (non-hydrogen) atoms. The molecule has 0 saturated carbocycles. The maximum atomic E-state index is 5.61. The molecule has 0 N–H and O–H groups in total. The quantitative estimate of drug-likeness (QED) is 0.178. The Morgan fingerprint density at radius 1 is 0.261 bits per heavy atom. The molecule has 0 spiro atoms. The third-order valence-electron chi connectivity index (χ3n) is 2.93. The first kappa shape index (κ1) is 188. The largest absolute Gasteiger partial charge is 6.00 e. The predicted molar refractivity (Wildman–Crippen MR) is 114 cm³/mol. The third-order valence-corrected chi connectivity index (χ3v) is 8.03. The van der Waals surface area contributed by atoms with E-state index in [-0.39, 0.29) is 384 Å². The minimum atomic E-state index is -0.0819. The first-order valence-corrected chi connectivity index (χ1v) is 16.4. The maximum Gasteiger partial charge on any atom is 6.00 e. The van der Waals surface area contributed by atoms with E-state index < -0.39 is 0 Å². The van der Waals surface area contributed by atoms with Gasteiger partial charge in [0.05, 0.1) is 0 Å². The van der Waals surface area contributed by atoms with Crippen LogP contribution in [-0.4, -0.2) is 76.7 Å². The Morgan fingerprint density at radius 2 is 0.326 bits per heavy atom. The Morgan fingerprint density at radius 3 is 0.370 bits per heavy atom. The topological polar surface area (TPSA) is 18.5 Å². The summed E-state index contributed by atoms with van der Waals surface area (Å²) in [5.74, 6) is 0.601. The van der Waals surface area contributed by atoms with E-state index >= 15 is 0 Å². The average Bonchev–Trinajstić information content (AvgIpc) is 2.38. The molecule has 30 heteroatoms. The van der Waals surface area contributed by atoms with Crippen LogP contribution in [0.2, 0.25) is 0 Å². The average molecular weight is 1490 g/mol. The normalized spacial score (nSPS) is 8.35. The summed E-state index contributed by atoms with van der Waals surface area (Å²) in [6, 6.07) is 0. The molecule has 0 rings (SSSR count). The van der Waals surface area contributed by atoms with Crippen LogP contribution in [0, 0.1) is 27.7 Å². The van der Waals surface area contributed by atoms with Crippen LogP contribution in [0.15, 0.2) is 0 Å². The zero-order valence-corrected chi connectivity index (χ0v) is 50.9. The van der Waals surface area contributed by atoms with Crippen molar-refractivity contribution in [1.29, 1.82) is 0 Å². The first-order chi connectivity index (χ1) is 9.89. The smallest absolute Gasteiger partial charge is 1.00 e. The Labute approximate surface area is 466 Å². The summed E-state index contributed by atoms with van der Waals surface area (Å²) in [6.07, 6.45) is 0. The molecule has 0 bridgehead atoms. The molecule has 0 aliphatic carbocycles. The van der Waals surface area contributed by atoms with Gasteiger partial charge in [0, 0.05) is 0 Å². The van der Waals surface area contributed by atoms with Crippen LogP contribution in [0.25, 0.3) is 0 Å². The summed E-state index contributed by atoms with van der Waals surface area (Å²) in [5, 5.41) is 0. The monoisotopic (exact) mass is 1470 g/mol. The van der Waals surface area contributed by atoms with E-state index in [4.69, 9.17) is 9.47 Å². The van der Waals surface area contributed by atoms with Gasteiger partial charge >= 0.3 is 80.4 Å². The number of hydrogen-bond donors (Lipinski definition) is 0. The van der Waals surface area contributed by atoms with Crippen molar-refractivity contribution >= 4 is 31.7 Å². The number of ether oxygens (including phenoxy) is 2. The Balaban J connectivity index is -0.00000000476. The van der Waals surface area contributed by atoms with Crippen LogP contribution in [0.3, 0.4) is 0 Å². The van der Waals surface area contributed by atoms with Gasteiger partial charge in [-0.15, -0.1) is 31.7 Å². The summed E-state index contributed by atoms with van der Waals surface area (Å²) >= 11 is 0. The summed E-state index contributed by atoms with van der Waals surface area (Å²) in [7, 11) is -0.328. The maximum absolute atomic E-state index is 5.61. The Bertz CT molecular complexity index is 272.